The highest BCUT2D eigenvalue weighted by Crippen LogP contribution is 2.39. The molecule has 1 aliphatic rings. The van der Waals surface area contributed by atoms with Gasteiger partial charge in [-0.2, -0.15) is 0 Å². The number of phenols is 1. The molecular weight excluding hydrogens is 216 g/mol. The summed E-state index contributed by atoms with van der Waals surface area (Å²) < 4.78 is 31.7. The van der Waals surface area contributed by atoms with Gasteiger partial charge in [-0.1, -0.05) is 0 Å². The van der Waals surface area contributed by atoms with Gasteiger partial charge in [0.15, 0.2) is 17.6 Å². The number of halogens is 2. The molecule has 1 aromatic rings. The molecule has 0 radical (unpaired) electrons. The van der Waals surface area contributed by atoms with E-state index >= 15 is 0 Å². The van der Waals surface area contributed by atoms with E-state index in [0.29, 0.717) is 18.5 Å². The minimum atomic E-state index is -2.81. The van der Waals surface area contributed by atoms with Crippen molar-refractivity contribution in [2.45, 2.75) is 31.3 Å². The molecule has 88 valence electrons. The molecule has 0 bridgehead atoms. The van der Waals surface area contributed by atoms with E-state index in [0.717, 1.165) is 0 Å². The molecular formula is C11H13F2NO2. The molecule has 16 heavy (non-hydrogen) atoms. The van der Waals surface area contributed by atoms with E-state index in [-0.39, 0.29) is 17.9 Å². The summed E-state index contributed by atoms with van der Waals surface area (Å²) in [6.45, 7) is 0. The number of hydrogen-bond acceptors (Lipinski definition) is 3. The molecule has 1 aromatic carbocycles. The fraction of sp³-hybridized carbons (Fsp3) is 0.455. The third-order valence-electron chi connectivity index (χ3n) is 2.70. The average Bonchev–Trinajstić information content (AvgIpc) is 2.50. The third kappa shape index (κ3) is 2.03. The molecule has 0 aromatic heterocycles. The number of hydrogen-bond donors (Lipinski definition) is 2. The van der Waals surface area contributed by atoms with Crippen molar-refractivity contribution in [2.24, 2.45) is 0 Å². The number of nitrogen functional groups attached to an aromatic ring is 1. The first-order valence-corrected chi connectivity index (χ1v) is 5.12. The molecule has 0 amide bonds. The van der Waals surface area contributed by atoms with Crippen LogP contribution in [0, 0.1) is 0 Å². The molecule has 0 heterocycles. The zero-order valence-electron chi connectivity index (χ0n) is 8.62. The molecule has 1 fully saturated rings. The molecule has 1 saturated carbocycles. The van der Waals surface area contributed by atoms with Crippen molar-refractivity contribution in [1.29, 1.82) is 0 Å². The molecule has 1 aliphatic carbocycles. The Morgan fingerprint density at radius 2 is 2.19 bits per heavy atom. The van der Waals surface area contributed by atoms with E-state index in [9.17, 15) is 13.9 Å². The minimum Gasteiger partial charge on any atom is -0.504 e. The first kappa shape index (κ1) is 11.0. The van der Waals surface area contributed by atoms with Gasteiger partial charge in [-0.05, 0) is 25.0 Å². The Balaban J connectivity index is 2.15. The summed E-state index contributed by atoms with van der Waals surface area (Å²) in [5.41, 5.74) is 5.79. The topological polar surface area (TPSA) is 55.5 Å². The summed E-state index contributed by atoms with van der Waals surface area (Å²) in [7, 11) is 0. The van der Waals surface area contributed by atoms with Gasteiger partial charge < -0.3 is 15.6 Å². The van der Waals surface area contributed by atoms with E-state index in [1.165, 1.54) is 18.2 Å². The predicted octanol–water partition coefficient (Wildman–Crippen LogP) is 2.54. The van der Waals surface area contributed by atoms with E-state index in [1.54, 1.807) is 0 Å². The third-order valence-corrected chi connectivity index (χ3v) is 2.70. The van der Waals surface area contributed by atoms with Gasteiger partial charge in [0.05, 0.1) is 0 Å². The molecule has 3 N–H and O–H groups in total. The van der Waals surface area contributed by atoms with Gasteiger partial charge >= 0.3 is 0 Å². The number of phenolic OH excluding ortho intramolecular Hbond substituents is 1. The van der Waals surface area contributed by atoms with Crippen LogP contribution < -0.4 is 10.5 Å². The number of nitrogens with two attached hydrogens (primary N) is 1. The van der Waals surface area contributed by atoms with Crippen molar-refractivity contribution in [3.8, 4) is 11.5 Å². The SMILES string of the molecule is Nc1ccc(OC2CCCC2(F)F)c(O)c1. The lowest BCUT2D eigenvalue weighted by molar-refractivity contribution is -0.0741. The van der Waals surface area contributed by atoms with E-state index in [2.05, 4.69) is 0 Å². The molecule has 1 atom stereocenters. The number of rotatable bonds is 2. The fourth-order valence-corrected chi connectivity index (χ4v) is 1.83. The van der Waals surface area contributed by atoms with Crippen LogP contribution in [0.25, 0.3) is 0 Å². The van der Waals surface area contributed by atoms with Gasteiger partial charge in [-0.15, -0.1) is 0 Å². The predicted molar refractivity (Wildman–Crippen MR) is 55.7 cm³/mol. The molecule has 0 saturated heterocycles. The maximum absolute atomic E-state index is 13.3. The van der Waals surface area contributed by atoms with Crippen LogP contribution in [0.5, 0.6) is 11.5 Å². The maximum Gasteiger partial charge on any atom is 0.284 e. The Kier molecular flexibility index (Phi) is 2.61. The molecule has 0 spiro atoms. The minimum absolute atomic E-state index is 0.0563. The normalized spacial score (nSPS) is 23.2. The second-order valence-electron chi connectivity index (χ2n) is 3.99. The standard InChI is InChI=1S/C11H13F2NO2/c12-11(13)5-1-2-10(11)16-9-4-3-7(14)6-8(9)15/h3-4,6,10,15H,1-2,5,14H2. The Morgan fingerprint density at radius 3 is 2.75 bits per heavy atom. The summed E-state index contributed by atoms with van der Waals surface area (Å²) in [4.78, 5) is 0. The van der Waals surface area contributed by atoms with Gasteiger partial charge in [0.1, 0.15) is 0 Å². The number of aromatic hydroxyl groups is 1. The van der Waals surface area contributed by atoms with Crippen molar-refractivity contribution in [1.82, 2.24) is 0 Å². The number of alkyl halides is 2. The van der Waals surface area contributed by atoms with E-state index in [1.807, 2.05) is 0 Å². The summed E-state index contributed by atoms with van der Waals surface area (Å²) in [5.74, 6) is -2.96. The zero-order chi connectivity index (χ0) is 11.8. The number of benzene rings is 1. The second kappa shape index (κ2) is 3.81. The fourth-order valence-electron chi connectivity index (χ4n) is 1.83. The van der Waals surface area contributed by atoms with Gasteiger partial charge in [0, 0.05) is 18.2 Å². The van der Waals surface area contributed by atoms with E-state index < -0.39 is 12.0 Å². The average molecular weight is 229 g/mol. The zero-order valence-corrected chi connectivity index (χ0v) is 8.62. The van der Waals surface area contributed by atoms with Crippen molar-refractivity contribution >= 4 is 5.69 Å². The molecule has 0 aliphatic heterocycles. The van der Waals surface area contributed by atoms with Crippen LogP contribution in [0.15, 0.2) is 18.2 Å². The largest absolute Gasteiger partial charge is 0.504 e. The van der Waals surface area contributed by atoms with Crippen LogP contribution in [0.1, 0.15) is 19.3 Å². The van der Waals surface area contributed by atoms with E-state index in [4.69, 9.17) is 10.5 Å². The Morgan fingerprint density at radius 1 is 1.44 bits per heavy atom. The lowest BCUT2D eigenvalue weighted by atomic mass is 10.2. The van der Waals surface area contributed by atoms with Crippen LogP contribution in [-0.4, -0.2) is 17.1 Å². The Hall–Kier alpha value is -1.52. The molecule has 5 heteroatoms. The second-order valence-corrected chi connectivity index (χ2v) is 3.99. The molecule has 1 unspecified atom stereocenters. The Bertz CT molecular complexity index is 396. The van der Waals surface area contributed by atoms with Crippen molar-refractivity contribution in [2.75, 3.05) is 5.73 Å². The monoisotopic (exact) mass is 229 g/mol. The van der Waals surface area contributed by atoms with Crippen molar-refractivity contribution in [3.05, 3.63) is 18.2 Å². The van der Waals surface area contributed by atoms with Gasteiger partial charge in [0.25, 0.3) is 5.92 Å². The van der Waals surface area contributed by atoms with Crippen LogP contribution in [0.2, 0.25) is 0 Å². The Labute approximate surface area is 91.8 Å². The van der Waals surface area contributed by atoms with Crippen LogP contribution in [-0.2, 0) is 0 Å². The van der Waals surface area contributed by atoms with Crippen LogP contribution >= 0.6 is 0 Å². The number of ether oxygens (including phenoxy) is 1. The summed E-state index contributed by atoms with van der Waals surface area (Å²) in [6, 6.07) is 4.18. The quantitative estimate of drug-likeness (QED) is 0.766. The first-order valence-electron chi connectivity index (χ1n) is 5.12. The summed E-state index contributed by atoms with van der Waals surface area (Å²) >= 11 is 0. The van der Waals surface area contributed by atoms with Gasteiger partial charge in [0.2, 0.25) is 0 Å². The van der Waals surface area contributed by atoms with Crippen LogP contribution in [0.3, 0.4) is 0 Å². The van der Waals surface area contributed by atoms with Gasteiger partial charge in [-0.25, -0.2) is 8.78 Å². The van der Waals surface area contributed by atoms with Crippen molar-refractivity contribution in [3.63, 3.8) is 0 Å². The molecule has 2 rings (SSSR count). The maximum atomic E-state index is 13.3. The highest BCUT2D eigenvalue weighted by Gasteiger charge is 2.45. The lowest BCUT2D eigenvalue weighted by Gasteiger charge is -2.21. The number of anilines is 1. The highest BCUT2D eigenvalue weighted by molar-refractivity contribution is 5.51. The summed E-state index contributed by atoms with van der Waals surface area (Å²) in [6.07, 6.45) is -0.570. The highest BCUT2D eigenvalue weighted by atomic mass is 19.3. The van der Waals surface area contributed by atoms with Gasteiger partial charge in [-0.3, -0.25) is 0 Å². The lowest BCUT2D eigenvalue weighted by Crippen LogP contribution is -2.32. The van der Waals surface area contributed by atoms with Crippen molar-refractivity contribution < 1.29 is 18.6 Å². The summed E-state index contributed by atoms with van der Waals surface area (Å²) in [5, 5.41) is 9.47. The van der Waals surface area contributed by atoms with Crippen LogP contribution in [0.4, 0.5) is 14.5 Å². The smallest absolute Gasteiger partial charge is 0.284 e. The first-order chi connectivity index (χ1) is 7.49. The molecule has 3 nitrogen and oxygen atoms in total.